The van der Waals surface area contributed by atoms with Gasteiger partial charge in [0.2, 0.25) is 0 Å². The summed E-state index contributed by atoms with van der Waals surface area (Å²) in [6.45, 7) is 0. The average Bonchev–Trinajstić information content (AvgIpc) is 2.80. The second kappa shape index (κ2) is 16.6. The van der Waals surface area contributed by atoms with Gasteiger partial charge >= 0.3 is 88.7 Å². The molecular weight excluding hydrogens is 593 g/mol. The van der Waals surface area contributed by atoms with E-state index in [1.54, 1.807) is 0 Å². The van der Waals surface area contributed by atoms with Gasteiger partial charge in [-0.3, -0.25) is 5.04 Å². The normalized spacial score (nSPS) is 39.6. The van der Waals surface area contributed by atoms with Gasteiger partial charge in [0.15, 0.2) is 0 Å². The predicted octanol–water partition coefficient (Wildman–Crippen LogP) is -7.96. The molecule has 0 heterocycles. The van der Waals surface area contributed by atoms with Crippen LogP contribution in [0, 0.1) is 23.7 Å². The standard InChI is InChI=1S/C20H34N2O10S3.3Na/c23-20-18(35(28,29)30)10-11-9-12(34(25,26)27)5-6-13(11)19(20)22-21-16-7-8-17(33-32-31-24)15-4-2-1-3-14(15)16;;;/h11-20,23-24H,1-10H2,(H,25,26,27)(H,28,29,30);;;/q;3*+1/p-3. The summed E-state index contributed by atoms with van der Waals surface area (Å²) in [5.41, 5.74) is 0. The van der Waals surface area contributed by atoms with Gasteiger partial charge in [0.25, 0.3) is 0 Å². The first kappa shape index (κ1) is 38.6. The Labute approximate surface area is 295 Å². The molecule has 4 aliphatic rings. The van der Waals surface area contributed by atoms with Crippen LogP contribution < -0.4 is 93.9 Å². The van der Waals surface area contributed by atoms with Crippen molar-refractivity contribution in [2.45, 2.75) is 98.1 Å². The molecule has 0 aromatic carbocycles. The number of aliphatic hydroxyl groups is 1. The molecule has 38 heavy (non-hydrogen) atoms. The van der Waals surface area contributed by atoms with Crippen molar-refractivity contribution in [1.82, 2.24) is 0 Å². The van der Waals surface area contributed by atoms with Gasteiger partial charge in [0.1, 0.15) is 16.2 Å². The zero-order chi connectivity index (χ0) is 25.4. The van der Waals surface area contributed by atoms with E-state index in [1.807, 2.05) is 0 Å². The molecule has 4 fully saturated rings. The first-order chi connectivity index (χ1) is 16.5. The van der Waals surface area contributed by atoms with E-state index in [4.69, 9.17) is 0 Å². The van der Waals surface area contributed by atoms with E-state index in [0.29, 0.717) is 6.42 Å². The van der Waals surface area contributed by atoms with Gasteiger partial charge in [-0.2, -0.15) is 14.6 Å². The maximum Gasteiger partial charge on any atom is 1.00 e. The molecule has 0 saturated heterocycles. The van der Waals surface area contributed by atoms with Crippen LogP contribution in [0.5, 0.6) is 0 Å². The van der Waals surface area contributed by atoms with Crippen LogP contribution in [0.1, 0.15) is 64.2 Å². The summed E-state index contributed by atoms with van der Waals surface area (Å²) in [6, 6.07) is -1.11. The number of nitrogens with zero attached hydrogens (tertiary/aromatic N) is 2. The van der Waals surface area contributed by atoms with Crippen molar-refractivity contribution in [1.29, 1.82) is 0 Å². The van der Waals surface area contributed by atoms with Crippen LogP contribution in [-0.2, 0) is 29.6 Å². The van der Waals surface area contributed by atoms with E-state index in [1.165, 1.54) is 0 Å². The van der Waals surface area contributed by atoms with Gasteiger partial charge < -0.3 is 19.5 Å². The third kappa shape index (κ3) is 9.31. The van der Waals surface area contributed by atoms with Crippen molar-refractivity contribution >= 4 is 32.3 Å². The van der Waals surface area contributed by atoms with Gasteiger partial charge in [0, 0.05) is 22.5 Å². The third-order valence-corrected chi connectivity index (χ3v) is 12.0. The molecular formula is C20H31N2Na3O10S3. The zero-order valence-electron chi connectivity index (χ0n) is 22.1. The number of hydrogen-bond acceptors (Lipinski definition) is 13. The molecule has 0 radical (unpaired) electrons. The summed E-state index contributed by atoms with van der Waals surface area (Å²) in [5, 5.41) is 31.0. The molecule has 12 nitrogen and oxygen atoms in total. The minimum atomic E-state index is -4.87. The molecule has 4 rings (SSSR count). The van der Waals surface area contributed by atoms with Gasteiger partial charge in [-0.1, -0.05) is 12.8 Å². The molecule has 0 aromatic heterocycles. The SMILES string of the molecule is O=S(=O)([O-])C1CCC2C(C1)CC(S(=O)(=O)[O-])C(O)C2N=NC1CCC(SOO[O-])C2CCCCC12.[Na+].[Na+].[Na+]. The third-order valence-electron chi connectivity index (χ3n) is 8.61. The Hall–Kier alpha value is 2.61. The van der Waals surface area contributed by atoms with Gasteiger partial charge in [0.05, 0.1) is 27.5 Å². The van der Waals surface area contributed by atoms with E-state index < -0.39 is 48.8 Å². The fraction of sp³-hybridized carbons (Fsp3) is 1.00. The molecule has 1 N–H and O–H groups in total. The van der Waals surface area contributed by atoms with Crippen LogP contribution >= 0.6 is 12.0 Å². The quantitative estimate of drug-likeness (QED) is 0.0704. The fourth-order valence-corrected chi connectivity index (χ4v) is 9.70. The summed E-state index contributed by atoms with van der Waals surface area (Å²) >= 11 is 1.03. The summed E-state index contributed by atoms with van der Waals surface area (Å²) in [4.78, 5) is 0. The summed E-state index contributed by atoms with van der Waals surface area (Å²) in [6.07, 6.45) is 3.96. The number of rotatable bonds is 7. The van der Waals surface area contributed by atoms with Crippen molar-refractivity contribution in [3.63, 3.8) is 0 Å². The first-order valence-electron chi connectivity index (χ1n) is 12.1. The van der Waals surface area contributed by atoms with Crippen molar-refractivity contribution in [3.8, 4) is 0 Å². The van der Waals surface area contributed by atoms with Crippen LogP contribution in [0.4, 0.5) is 0 Å². The van der Waals surface area contributed by atoms with Crippen LogP contribution in [0.25, 0.3) is 0 Å². The van der Waals surface area contributed by atoms with Crippen molar-refractivity contribution in [2.75, 3.05) is 0 Å². The molecule has 0 aliphatic heterocycles. The molecule has 4 aliphatic carbocycles. The number of azo groups is 1. The van der Waals surface area contributed by atoms with Crippen LogP contribution in [0.3, 0.4) is 0 Å². The average molecular weight is 625 g/mol. The maximum atomic E-state index is 11.9. The largest absolute Gasteiger partial charge is 1.00 e. The van der Waals surface area contributed by atoms with E-state index >= 15 is 0 Å². The molecule has 10 atom stereocenters. The van der Waals surface area contributed by atoms with E-state index in [2.05, 4.69) is 19.6 Å². The van der Waals surface area contributed by atoms with Crippen molar-refractivity contribution in [3.05, 3.63) is 0 Å². The van der Waals surface area contributed by atoms with Gasteiger partial charge in [-0.15, -0.1) is 0 Å². The Balaban J connectivity index is 0.00000241. The molecule has 0 spiro atoms. The minimum absolute atomic E-state index is 0. The predicted molar refractivity (Wildman–Crippen MR) is 119 cm³/mol. The zero-order valence-corrected chi connectivity index (χ0v) is 30.5. The van der Waals surface area contributed by atoms with Crippen molar-refractivity contribution < 1.29 is 134 Å². The Morgan fingerprint density at radius 1 is 0.789 bits per heavy atom. The Bertz CT molecular complexity index is 993. The van der Waals surface area contributed by atoms with Crippen LogP contribution in [0.15, 0.2) is 10.2 Å². The van der Waals surface area contributed by atoms with Gasteiger partial charge in [-0.25, -0.2) is 16.8 Å². The summed E-state index contributed by atoms with van der Waals surface area (Å²) < 4.78 is 75.0. The molecule has 0 bridgehead atoms. The van der Waals surface area contributed by atoms with E-state index in [-0.39, 0.29) is 143 Å². The van der Waals surface area contributed by atoms with Crippen molar-refractivity contribution in [2.24, 2.45) is 33.9 Å². The number of hydrogen-bond donors (Lipinski definition) is 1. The Morgan fingerprint density at radius 2 is 1.45 bits per heavy atom. The second-order valence-corrected chi connectivity index (χ2v) is 14.5. The molecule has 0 aromatic rings. The number of fused-ring (bicyclic) bond motifs is 2. The van der Waals surface area contributed by atoms with Crippen LogP contribution in [0.2, 0.25) is 0 Å². The first-order valence-corrected chi connectivity index (χ1v) is 15.8. The van der Waals surface area contributed by atoms with E-state index in [9.17, 15) is 36.3 Å². The number of aliphatic hydroxyl groups excluding tert-OH is 1. The fourth-order valence-electron chi connectivity index (χ4n) is 6.96. The summed E-state index contributed by atoms with van der Waals surface area (Å²) in [5.74, 6) is -0.456. The summed E-state index contributed by atoms with van der Waals surface area (Å²) in [7, 11) is -9.42. The molecule has 202 valence electrons. The topological polar surface area (TPSA) is 201 Å². The van der Waals surface area contributed by atoms with Gasteiger partial charge in [-0.05, 0) is 75.0 Å². The molecule has 18 heteroatoms. The molecule has 0 amide bonds. The molecule has 4 saturated carbocycles. The smallest absolute Gasteiger partial charge is 0.748 e. The monoisotopic (exact) mass is 624 g/mol. The second-order valence-electron chi connectivity index (χ2n) is 10.4. The van der Waals surface area contributed by atoms with E-state index in [0.717, 1.165) is 44.1 Å². The van der Waals surface area contributed by atoms with Crippen LogP contribution in [-0.4, -0.2) is 65.0 Å². The maximum absolute atomic E-state index is 11.9. The Morgan fingerprint density at radius 3 is 2.05 bits per heavy atom. The molecule has 10 unspecified atom stereocenters. The Kier molecular flexibility index (Phi) is 16.9. The minimum Gasteiger partial charge on any atom is -0.748 e.